The minimum absolute atomic E-state index is 0.468. The van der Waals surface area contributed by atoms with Crippen molar-refractivity contribution in [1.29, 1.82) is 0 Å². The van der Waals surface area contributed by atoms with Gasteiger partial charge in [-0.2, -0.15) is 4.31 Å². The zero-order chi connectivity index (χ0) is 15.2. The molecule has 0 spiro atoms. The molecule has 0 atom stereocenters. The smallest absolute Gasteiger partial charge is 0.321 e. The Hall–Kier alpha value is -1.15. The first-order chi connectivity index (χ1) is 9.41. The van der Waals surface area contributed by atoms with Crippen LogP contribution in [0.5, 0.6) is 0 Å². The number of carbonyl (C=O) groups excluding carboxylic acids is 2. The summed E-state index contributed by atoms with van der Waals surface area (Å²) in [5.74, 6) is -1.40. The van der Waals surface area contributed by atoms with E-state index in [1.807, 2.05) is 0 Å². The lowest BCUT2D eigenvalue weighted by Crippen LogP contribution is -2.45. The summed E-state index contributed by atoms with van der Waals surface area (Å²) >= 11 is 0. The highest BCUT2D eigenvalue weighted by molar-refractivity contribution is 7.89. The van der Waals surface area contributed by atoms with Gasteiger partial charge in [-0.25, -0.2) is 8.42 Å². The Labute approximate surface area is 119 Å². The number of nitrogens with zero attached hydrogens (tertiary/aromatic N) is 1. The number of methoxy groups -OCH3 is 2. The van der Waals surface area contributed by atoms with Crippen LogP contribution in [0.4, 0.5) is 0 Å². The highest BCUT2D eigenvalue weighted by atomic mass is 32.2. The van der Waals surface area contributed by atoms with Crippen molar-refractivity contribution in [3.05, 3.63) is 0 Å². The fraction of sp³-hybridized carbons (Fsp3) is 0.833. The van der Waals surface area contributed by atoms with E-state index >= 15 is 0 Å². The van der Waals surface area contributed by atoms with Crippen LogP contribution in [0, 0.1) is 0 Å². The topological polar surface area (TPSA) is 90.0 Å². The van der Waals surface area contributed by atoms with E-state index in [0.29, 0.717) is 12.8 Å². The highest BCUT2D eigenvalue weighted by Gasteiger charge is 2.35. The van der Waals surface area contributed by atoms with Gasteiger partial charge in [-0.15, -0.1) is 0 Å². The van der Waals surface area contributed by atoms with Gasteiger partial charge in [0.2, 0.25) is 10.0 Å². The maximum atomic E-state index is 12.5. The van der Waals surface area contributed by atoms with Gasteiger partial charge < -0.3 is 9.47 Å². The molecule has 8 heteroatoms. The van der Waals surface area contributed by atoms with Crippen molar-refractivity contribution in [2.75, 3.05) is 27.3 Å². The molecule has 0 unspecified atom stereocenters. The van der Waals surface area contributed by atoms with Crippen LogP contribution in [0.2, 0.25) is 0 Å². The minimum Gasteiger partial charge on any atom is -0.468 e. The Bertz CT molecular complexity index is 423. The monoisotopic (exact) mass is 307 g/mol. The molecule has 116 valence electrons. The summed E-state index contributed by atoms with van der Waals surface area (Å²) in [6.45, 7) is -0.936. The molecule has 1 saturated carbocycles. The standard InChI is InChI=1S/C12H21NO6S/c1-18-11(14)8-13(9-12(15)19-2)20(16,17)10-6-4-3-5-7-10/h10H,3-9H2,1-2H3. The Balaban J connectivity index is 2.88. The number of ether oxygens (including phenoxy) is 2. The van der Waals surface area contributed by atoms with Crippen LogP contribution >= 0.6 is 0 Å². The third-order valence-electron chi connectivity index (χ3n) is 3.40. The van der Waals surface area contributed by atoms with Crippen LogP contribution in [0.25, 0.3) is 0 Å². The van der Waals surface area contributed by atoms with Gasteiger partial charge in [0, 0.05) is 0 Å². The molecule has 7 nitrogen and oxygen atoms in total. The third kappa shape index (κ3) is 4.45. The first kappa shape index (κ1) is 16.9. The minimum atomic E-state index is -3.70. The van der Waals surface area contributed by atoms with E-state index in [4.69, 9.17) is 0 Å². The average Bonchev–Trinajstić information content (AvgIpc) is 2.46. The van der Waals surface area contributed by atoms with Crippen LogP contribution in [-0.4, -0.2) is 57.2 Å². The number of hydrogen-bond acceptors (Lipinski definition) is 6. The number of esters is 2. The molecular formula is C12H21NO6S. The molecule has 0 aliphatic heterocycles. The molecule has 1 fully saturated rings. The first-order valence-corrected chi connectivity index (χ1v) is 8.04. The van der Waals surface area contributed by atoms with E-state index in [1.165, 1.54) is 14.2 Å². The van der Waals surface area contributed by atoms with Crippen LogP contribution in [0.15, 0.2) is 0 Å². The van der Waals surface area contributed by atoms with Gasteiger partial charge in [0.15, 0.2) is 0 Å². The first-order valence-electron chi connectivity index (χ1n) is 6.54. The SMILES string of the molecule is COC(=O)CN(CC(=O)OC)S(=O)(=O)C1CCCCC1. The molecule has 0 N–H and O–H groups in total. The third-order valence-corrected chi connectivity index (χ3v) is 5.69. The summed E-state index contributed by atoms with van der Waals surface area (Å²) in [6, 6.07) is 0. The van der Waals surface area contributed by atoms with Gasteiger partial charge in [-0.05, 0) is 12.8 Å². The fourth-order valence-corrected chi connectivity index (χ4v) is 4.15. The zero-order valence-corrected chi connectivity index (χ0v) is 12.6. The Morgan fingerprint density at radius 1 is 1.00 bits per heavy atom. The summed E-state index contributed by atoms with van der Waals surface area (Å²) < 4.78 is 34.8. The van der Waals surface area contributed by atoms with Gasteiger partial charge in [0.05, 0.1) is 19.5 Å². The van der Waals surface area contributed by atoms with Gasteiger partial charge in [-0.3, -0.25) is 9.59 Å². The molecule has 0 bridgehead atoms. The number of sulfonamides is 1. The molecule has 1 aliphatic rings. The van der Waals surface area contributed by atoms with Crippen molar-refractivity contribution in [2.45, 2.75) is 37.4 Å². The normalized spacial score (nSPS) is 16.9. The largest absolute Gasteiger partial charge is 0.468 e. The van der Waals surface area contributed by atoms with Crippen molar-refractivity contribution in [3.8, 4) is 0 Å². The van der Waals surface area contributed by atoms with E-state index in [2.05, 4.69) is 9.47 Å². The van der Waals surface area contributed by atoms with E-state index in [-0.39, 0.29) is 0 Å². The molecular weight excluding hydrogens is 286 g/mol. The lowest BCUT2D eigenvalue weighted by atomic mass is 10.0. The molecule has 20 heavy (non-hydrogen) atoms. The maximum Gasteiger partial charge on any atom is 0.321 e. The molecule has 0 radical (unpaired) electrons. The second-order valence-corrected chi connectivity index (χ2v) is 6.94. The van der Waals surface area contributed by atoms with Crippen LogP contribution in [-0.2, 0) is 29.1 Å². The molecule has 0 saturated heterocycles. The van der Waals surface area contributed by atoms with E-state index in [9.17, 15) is 18.0 Å². The van der Waals surface area contributed by atoms with Gasteiger partial charge in [-0.1, -0.05) is 19.3 Å². The summed E-state index contributed by atoms with van der Waals surface area (Å²) in [4.78, 5) is 22.7. The fourth-order valence-electron chi connectivity index (χ4n) is 2.23. The summed E-state index contributed by atoms with van der Waals surface area (Å²) in [5, 5.41) is -0.537. The van der Waals surface area contributed by atoms with Gasteiger partial charge >= 0.3 is 11.9 Å². The summed E-state index contributed by atoms with van der Waals surface area (Å²) in [5.41, 5.74) is 0. The van der Waals surface area contributed by atoms with E-state index in [0.717, 1.165) is 23.6 Å². The molecule has 0 aromatic carbocycles. The van der Waals surface area contributed by atoms with Crippen LogP contribution < -0.4 is 0 Å². The Morgan fingerprint density at radius 2 is 1.45 bits per heavy atom. The van der Waals surface area contributed by atoms with Crippen molar-refractivity contribution in [2.24, 2.45) is 0 Å². The van der Waals surface area contributed by atoms with Gasteiger partial charge in [0.25, 0.3) is 0 Å². The maximum absolute atomic E-state index is 12.5. The molecule has 0 heterocycles. The van der Waals surface area contributed by atoms with Crippen molar-refractivity contribution >= 4 is 22.0 Å². The molecule has 0 aromatic rings. The summed E-state index contributed by atoms with van der Waals surface area (Å²) in [6.07, 6.45) is 3.81. The second-order valence-electron chi connectivity index (χ2n) is 4.73. The summed E-state index contributed by atoms with van der Waals surface area (Å²) in [7, 11) is -1.36. The van der Waals surface area contributed by atoms with Gasteiger partial charge in [0.1, 0.15) is 13.1 Å². The lowest BCUT2D eigenvalue weighted by molar-refractivity contribution is -0.143. The predicted molar refractivity (Wildman–Crippen MR) is 71.4 cm³/mol. The second kappa shape index (κ2) is 7.58. The molecule has 1 rings (SSSR count). The van der Waals surface area contributed by atoms with Crippen molar-refractivity contribution in [3.63, 3.8) is 0 Å². The van der Waals surface area contributed by atoms with Crippen molar-refractivity contribution in [1.82, 2.24) is 4.31 Å². The quantitative estimate of drug-likeness (QED) is 0.655. The molecule has 0 amide bonds. The van der Waals surface area contributed by atoms with Crippen LogP contribution in [0.1, 0.15) is 32.1 Å². The molecule has 0 aromatic heterocycles. The predicted octanol–water partition coefficient (Wildman–Crippen LogP) is 0.297. The molecule has 1 aliphatic carbocycles. The highest BCUT2D eigenvalue weighted by Crippen LogP contribution is 2.26. The van der Waals surface area contributed by atoms with Crippen molar-refractivity contribution < 1.29 is 27.5 Å². The van der Waals surface area contributed by atoms with E-state index < -0.39 is 40.3 Å². The van der Waals surface area contributed by atoms with E-state index in [1.54, 1.807) is 0 Å². The number of rotatable bonds is 6. The zero-order valence-electron chi connectivity index (χ0n) is 11.8. The average molecular weight is 307 g/mol. The Kier molecular flexibility index (Phi) is 6.41. The lowest BCUT2D eigenvalue weighted by Gasteiger charge is -2.28. The number of carbonyl (C=O) groups is 2. The Morgan fingerprint density at radius 3 is 1.85 bits per heavy atom. The number of hydrogen-bond donors (Lipinski definition) is 0. The van der Waals surface area contributed by atoms with Crippen LogP contribution in [0.3, 0.4) is 0 Å².